The number of allylic oxidation sites excluding steroid dienone is 6. The summed E-state index contributed by atoms with van der Waals surface area (Å²) in [4.78, 5) is 10.5. The molecule has 0 aromatic rings. The Labute approximate surface area is 91.1 Å². The summed E-state index contributed by atoms with van der Waals surface area (Å²) < 4.78 is 0. The fourth-order valence-electron chi connectivity index (χ4n) is 1.13. The fourth-order valence-corrected chi connectivity index (χ4v) is 1.13. The Bertz CT molecular complexity index is 319. The number of hydrogen-bond acceptors (Lipinski definition) is 3. The minimum Gasteiger partial charge on any atom is -0.323 e. The molecule has 82 valence electrons. The molecule has 0 saturated carbocycles. The molecule has 0 aromatic carbocycles. The van der Waals surface area contributed by atoms with Crippen LogP contribution in [0.15, 0.2) is 40.6 Å². The second kappa shape index (κ2) is 7.74. The molecule has 0 radical (unpaired) electrons. The molecular weight excluding hydrogens is 188 g/mol. The van der Waals surface area contributed by atoms with Crippen LogP contribution in [-0.2, 0) is 4.79 Å². The van der Waals surface area contributed by atoms with Gasteiger partial charge in [-0.1, -0.05) is 23.8 Å². The second-order valence-corrected chi connectivity index (χ2v) is 3.25. The molecular formula is C12H18N2O. The van der Waals surface area contributed by atoms with Crippen molar-refractivity contribution >= 4 is 12.0 Å². The fraction of sp³-hybridized carbons (Fsp3) is 0.333. The SMILES string of the molecule is C\C=C/C=C/C(=N/N)C(CC=O)=C(C)C. The first-order valence-electron chi connectivity index (χ1n) is 4.85. The summed E-state index contributed by atoms with van der Waals surface area (Å²) >= 11 is 0. The highest BCUT2D eigenvalue weighted by molar-refractivity contribution is 6.10. The lowest BCUT2D eigenvalue weighted by Gasteiger charge is -2.05. The summed E-state index contributed by atoms with van der Waals surface area (Å²) in [6.45, 7) is 5.80. The molecule has 0 aromatic heterocycles. The Morgan fingerprint density at radius 1 is 1.33 bits per heavy atom. The molecule has 3 heteroatoms. The highest BCUT2D eigenvalue weighted by Gasteiger charge is 2.04. The molecule has 15 heavy (non-hydrogen) atoms. The lowest BCUT2D eigenvalue weighted by Crippen LogP contribution is -2.05. The number of nitrogens with zero attached hydrogens (tertiary/aromatic N) is 1. The molecule has 0 rings (SSSR count). The van der Waals surface area contributed by atoms with Crippen molar-refractivity contribution in [3.63, 3.8) is 0 Å². The average Bonchev–Trinajstić information content (AvgIpc) is 2.22. The van der Waals surface area contributed by atoms with Crippen LogP contribution in [0.3, 0.4) is 0 Å². The largest absolute Gasteiger partial charge is 0.323 e. The predicted molar refractivity (Wildman–Crippen MR) is 64.6 cm³/mol. The third-order valence-corrected chi connectivity index (χ3v) is 1.90. The number of hydrazone groups is 1. The number of rotatable bonds is 5. The molecule has 0 aliphatic rings. The van der Waals surface area contributed by atoms with E-state index in [1.807, 2.05) is 39.0 Å². The van der Waals surface area contributed by atoms with E-state index >= 15 is 0 Å². The van der Waals surface area contributed by atoms with Gasteiger partial charge in [0.05, 0.1) is 5.71 Å². The quantitative estimate of drug-likeness (QED) is 0.247. The van der Waals surface area contributed by atoms with Gasteiger partial charge >= 0.3 is 0 Å². The highest BCUT2D eigenvalue weighted by Crippen LogP contribution is 2.10. The Kier molecular flexibility index (Phi) is 6.89. The van der Waals surface area contributed by atoms with E-state index in [4.69, 9.17) is 5.84 Å². The van der Waals surface area contributed by atoms with Gasteiger partial charge < -0.3 is 10.6 Å². The van der Waals surface area contributed by atoms with E-state index in [9.17, 15) is 4.79 Å². The van der Waals surface area contributed by atoms with Crippen molar-refractivity contribution in [2.75, 3.05) is 0 Å². The number of nitrogens with two attached hydrogens (primary N) is 1. The third-order valence-electron chi connectivity index (χ3n) is 1.90. The maximum Gasteiger partial charge on any atom is 0.124 e. The van der Waals surface area contributed by atoms with Crippen molar-refractivity contribution in [2.24, 2.45) is 10.9 Å². The van der Waals surface area contributed by atoms with Gasteiger partial charge in [-0.05, 0) is 32.4 Å². The Balaban J connectivity index is 4.94. The van der Waals surface area contributed by atoms with Crippen molar-refractivity contribution in [1.82, 2.24) is 0 Å². The summed E-state index contributed by atoms with van der Waals surface area (Å²) in [5.41, 5.74) is 2.59. The predicted octanol–water partition coefficient (Wildman–Crippen LogP) is 2.36. The molecule has 0 aliphatic heterocycles. The Morgan fingerprint density at radius 2 is 2.00 bits per heavy atom. The minimum atomic E-state index is 0.346. The summed E-state index contributed by atoms with van der Waals surface area (Å²) in [5, 5.41) is 3.68. The molecule has 0 spiro atoms. The zero-order valence-electron chi connectivity index (χ0n) is 9.53. The molecule has 3 nitrogen and oxygen atoms in total. The van der Waals surface area contributed by atoms with Gasteiger partial charge in [-0.15, -0.1) is 0 Å². The number of aldehydes is 1. The van der Waals surface area contributed by atoms with Crippen LogP contribution >= 0.6 is 0 Å². The van der Waals surface area contributed by atoms with Crippen molar-refractivity contribution in [1.29, 1.82) is 0 Å². The maximum absolute atomic E-state index is 10.5. The van der Waals surface area contributed by atoms with Crippen LogP contribution in [-0.4, -0.2) is 12.0 Å². The molecule has 0 unspecified atom stereocenters. The van der Waals surface area contributed by atoms with Gasteiger partial charge in [0.25, 0.3) is 0 Å². The molecule has 2 N–H and O–H groups in total. The lowest BCUT2D eigenvalue weighted by atomic mass is 10.0. The van der Waals surface area contributed by atoms with Crippen molar-refractivity contribution in [2.45, 2.75) is 27.2 Å². The van der Waals surface area contributed by atoms with Crippen molar-refractivity contribution < 1.29 is 4.79 Å². The van der Waals surface area contributed by atoms with Crippen LogP contribution < -0.4 is 5.84 Å². The van der Waals surface area contributed by atoms with Gasteiger partial charge in [-0.3, -0.25) is 0 Å². The molecule has 0 fully saturated rings. The van der Waals surface area contributed by atoms with Crippen molar-refractivity contribution in [3.05, 3.63) is 35.5 Å². The van der Waals surface area contributed by atoms with Gasteiger partial charge in [0.1, 0.15) is 6.29 Å². The summed E-state index contributed by atoms with van der Waals surface area (Å²) in [7, 11) is 0. The van der Waals surface area contributed by atoms with Crippen LogP contribution in [0.1, 0.15) is 27.2 Å². The first-order valence-corrected chi connectivity index (χ1v) is 4.85. The first-order chi connectivity index (χ1) is 7.17. The smallest absolute Gasteiger partial charge is 0.124 e. The lowest BCUT2D eigenvalue weighted by molar-refractivity contribution is -0.107. The molecule has 0 atom stereocenters. The molecule has 0 bridgehead atoms. The summed E-state index contributed by atoms with van der Waals surface area (Å²) in [5.74, 6) is 5.29. The van der Waals surface area contributed by atoms with Crippen LogP contribution in [0.4, 0.5) is 0 Å². The Hall–Kier alpha value is -1.64. The number of carbonyl (C=O) groups excluding carboxylic acids is 1. The average molecular weight is 206 g/mol. The highest BCUT2D eigenvalue weighted by atomic mass is 16.1. The summed E-state index contributed by atoms with van der Waals surface area (Å²) in [6.07, 6.45) is 8.64. The third kappa shape index (κ3) is 4.96. The summed E-state index contributed by atoms with van der Waals surface area (Å²) in [6, 6.07) is 0. The van der Waals surface area contributed by atoms with E-state index < -0.39 is 0 Å². The monoisotopic (exact) mass is 206 g/mol. The standard InChI is InChI=1S/C12H18N2O/c1-4-5-6-7-12(14-13)11(8-9-15)10(2)3/h4-7,9H,8,13H2,1-3H3/b5-4-,7-6+,14-12-. The topological polar surface area (TPSA) is 55.4 Å². The van der Waals surface area contributed by atoms with Crippen molar-refractivity contribution in [3.8, 4) is 0 Å². The van der Waals surface area contributed by atoms with E-state index in [1.54, 1.807) is 6.08 Å². The van der Waals surface area contributed by atoms with E-state index in [2.05, 4.69) is 5.10 Å². The maximum atomic E-state index is 10.5. The van der Waals surface area contributed by atoms with Gasteiger partial charge in [0.15, 0.2) is 0 Å². The van der Waals surface area contributed by atoms with E-state index in [1.165, 1.54) is 0 Å². The number of hydrogen-bond donors (Lipinski definition) is 1. The second-order valence-electron chi connectivity index (χ2n) is 3.25. The van der Waals surface area contributed by atoms with E-state index in [0.717, 1.165) is 17.4 Å². The van der Waals surface area contributed by atoms with Crippen LogP contribution in [0.2, 0.25) is 0 Å². The first kappa shape index (κ1) is 13.4. The molecule has 0 heterocycles. The zero-order valence-corrected chi connectivity index (χ0v) is 9.53. The van der Waals surface area contributed by atoms with E-state index in [-0.39, 0.29) is 0 Å². The minimum absolute atomic E-state index is 0.346. The molecule has 0 aliphatic carbocycles. The van der Waals surface area contributed by atoms with E-state index in [0.29, 0.717) is 12.1 Å². The van der Waals surface area contributed by atoms with Crippen LogP contribution in [0.25, 0.3) is 0 Å². The molecule has 0 saturated heterocycles. The van der Waals surface area contributed by atoms with Crippen LogP contribution in [0.5, 0.6) is 0 Å². The normalized spacial score (nSPS) is 12.3. The zero-order chi connectivity index (χ0) is 11.7. The van der Waals surface area contributed by atoms with Gasteiger partial charge in [0.2, 0.25) is 0 Å². The molecule has 0 amide bonds. The Morgan fingerprint density at radius 3 is 2.40 bits per heavy atom. The number of carbonyl (C=O) groups is 1. The van der Waals surface area contributed by atoms with Crippen LogP contribution in [0, 0.1) is 0 Å². The van der Waals surface area contributed by atoms with Gasteiger partial charge in [-0.25, -0.2) is 0 Å². The van der Waals surface area contributed by atoms with Gasteiger partial charge in [0, 0.05) is 6.42 Å². The van der Waals surface area contributed by atoms with Gasteiger partial charge in [-0.2, -0.15) is 5.10 Å².